The summed E-state index contributed by atoms with van der Waals surface area (Å²) >= 11 is 0. The number of aryl methyl sites for hydroxylation is 2. The molecule has 0 spiro atoms. The Morgan fingerprint density at radius 2 is 2.11 bits per heavy atom. The molecular formula is C20H30IN5O. The zero-order chi connectivity index (χ0) is 18.6. The summed E-state index contributed by atoms with van der Waals surface area (Å²) in [5.74, 6) is 2.72. The van der Waals surface area contributed by atoms with Crippen molar-refractivity contribution in [1.29, 1.82) is 0 Å². The fourth-order valence-corrected chi connectivity index (χ4v) is 2.59. The van der Waals surface area contributed by atoms with Gasteiger partial charge in [0.2, 0.25) is 0 Å². The highest BCUT2D eigenvalue weighted by Gasteiger charge is 2.04. The number of hydrogen-bond donors (Lipinski definition) is 2. The highest BCUT2D eigenvalue weighted by atomic mass is 127. The van der Waals surface area contributed by atoms with E-state index in [9.17, 15) is 0 Å². The smallest absolute Gasteiger partial charge is 0.191 e. The Balaban J connectivity index is 0.00000364. The van der Waals surface area contributed by atoms with Gasteiger partial charge in [-0.05, 0) is 25.8 Å². The van der Waals surface area contributed by atoms with Crippen LogP contribution in [0.4, 0.5) is 0 Å². The van der Waals surface area contributed by atoms with E-state index in [-0.39, 0.29) is 24.0 Å². The molecule has 0 aliphatic carbocycles. The maximum Gasteiger partial charge on any atom is 0.191 e. The van der Waals surface area contributed by atoms with E-state index in [1.54, 1.807) is 13.1 Å². The summed E-state index contributed by atoms with van der Waals surface area (Å²) in [7, 11) is 1.78. The first kappa shape index (κ1) is 23.0. The van der Waals surface area contributed by atoms with Crippen molar-refractivity contribution in [2.45, 2.75) is 32.9 Å². The molecule has 2 aromatic rings. The lowest BCUT2D eigenvalue weighted by atomic mass is 10.2. The molecule has 0 aliphatic rings. The van der Waals surface area contributed by atoms with E-state index < -0.39 is 0 Å². The molecule has 2 N–H and O–H groups in total. The number of halogens is 1. The minimum Gasteiger partial charge on any atom is -0.489 e. The van der Waals surface area contributed by atoms with Crippen LogP contribution in [0.25, 0.3) is 0 Å². The minimum absolute atomic E-state index is 0. The SMILES string of the molecule is C=CCOc1ccccc1CNC(=NC)NCCCCn1ccnc1C.I. The van der Waals surface area contributed by atoms with Crippen LogP contribution in [0, 0.1) is 6.92 Å². The molecule has 0 bridgehead atoms. The quantitative estimate of drug-likeness (QED) is 0.179. The van der Waals surface area contributed by atoms with Crippen LogP contribution >= 0.6 is 24.0 Å². The van der Waals surface area contributed by atoms with Gasteiger partial charge in [0.1, 0.15) is 18.2 Å². The van der Waals surface area contributed by atoms with E-state index in [0.29, 0.717) is 13.2 Å². The summed E-state index contributed by atoms with van der Waals surface area (Å²) in [6, 6.07) is 7.99. The maximum absolute atomic E-state index is 5.68. The molecule has 1 aromatic carbocycles. The van der Waals surface area contributed by atoms with Crippen molar-refractivity contribution < 1.29 is 4.74 Å². The summed E-state index contributed by atoms with van der Waals surface area (Å²) in [5.41, 5.74) is 1.09. The van der Waals surface area contributed by atoms with E-state index in [0.717, 1.165) is 49.0 Å². The molecule has 27 heavy (non-hydrogen) atoms. The molecule has 7 heteroatoms. The number of rotatable bonds is 10. The zero-order valence-electron chi connectivity index (χ0n) is 16.1. The van der Waals surface area contributed by atoms with E-state index in [2.05, 4.69) is 31.8 Å². The first-order chi connectivity index (χ1) is 12.7. The second-order valence-corrected chi connectivity index (χ2v) is 5.93. The van der Waals surface area contributed by atoms with Gasteiger partial charge in [0.15, 0.2) is 5.96 Å². The van der Waals surface area contributed by atoms with Crippen molar-refractivity contribution in [2.75, 3.05) is 20.2 Å². The zero-order valence-corrected chi connectivity index (χ0v) is 18.5. The van der Waals surface area contributed by atoms with Crippen LogP contribution in [0.3, 0.4) is 0 Å². The van der Waals surface area contributed by atoms with Crippen LogP contribution in [0.1, 0.15) is 24.2 Å². The molecule has 1 heterocycles. The molecule has 0 saturated carbocycles. The molecule has 0 fully saturated rings. The summed E-state index contributed by atoms with van der Waals surface area (Å²) < 4.78 is 7.86. The minimum atomic E-state index is 0. The molecule has 0 atom stereocenters. The maximum atomic E-state index is 5.68. The van der Waals surface area contributed by atoms with Crippen LogP contribution < -0.4 is 15.4 Å². The average Bonchev–Trinajstić information content (AvgIpc) is 3.07. The summed E-state index contributed by atoms with van der Waals surface area (Å²) in [6.45, 7) is 8.74. The highest BCUT2D eigenvalue weighted by molar-refractivity contribution is 14.0. The first-order valence-corrected chi connectivity index (χ1v) is 8.98. The molecule has 0 aliphatic heterocycles. The van der Waals surface area contributed by atoms with Crippen molar-refractivity contribution in [2.24, 2.45) is 4.99 Å². The number of nitrogens with zero attached hydrogens (tertiary/aromatic N) is 3. The third-order valence-electron chi connectivity index (χ3n) is 4.04. The highest BCUT2D eigenvalue weighted by Crippen LogP contribution is 2.17. The molecule has 0 radical (unpaired) electrons. The first-order valence-electron chi connectivity index (χ1n) is 8.98. The molecule has 1 aromatic heterocycles. The second-order valence-electron chi connectivity index (χ2n) is 5.93. The number of benzene rings is 1. The van der Waals surface area contributed by atoms with Gasteiger partial charge in [0.25, 0.3) is 0 Å². The van der Waals surface area contributed by atoms with Gasteiger partial charge < -0.3 is 19.9 Å². The van der Waals surface area contributed by atoms with Crippen LogP contribution in [0.15, 0.2) is 54.3 Å². The Hall–Kier alpha value is -2.03. The lowest BCUT2D eigenvalue weighted by molar-refractivity contribution is 0.358. The Labute approximate surface area is 179 Å². The van der Waals surface area contributed by atoms with Gasteiger partial charge in [-0.25, -0.2) is 4.98 Å². The Morgan fingerprint density at radius 3 is 2.81 bits per heavy atom. The third kappa shape index (κ3) is 8.03. The number of nitrogens with one attached hydrogen (secondary N) is 2. The third-order valence-corrected chi connectivity index (χ3v) is 4.04. The van der Waals surface area contributed by atoms with Crippen molar-refractivity contribution in [3.05, 3.63) is 60.7 Å². The molecular weight excluding hydrogens is 453 g/mol. The molecule has 6 nitrogen and oxygen atoms in total. The Kier molecular flexibility index (Phi) is 11.2. The monoisotopic (exact) mass is 483 g/mol. The predicted molar refractivity (Wildman–Crippen MR) is 122 cm³/mol. The van der Waals surface area contributed by atoms with Crippen molar-refractivity contribution >= 4 is 29.9 Å². The number of unbranched alkanes of at least 4 members (excludes halogenated alkanes) is 1. The lowest BCUT2D eigenvalue weighted by Crippen LogP contribution is -2.37. The lowest BCUT2D eigenvalue weighted by Gasteiger charge is -2.14. The van der Waals surface area contributed by atoms with Crippen LogP contribution in [0.2, 0.25) is 0 Å². The van der Waals surface area contributed by atoms with Crippen LogP contribution in [-0.4, -0.2) is 35.7 Å². The second kappa shape index (κ2) is 13.2. The summed E-state index contributed by atoms with van der Waals surface area (Å²) in [5, 5.41) is 6.69. The van der Waals surface area contributed by atoms with Crippen LogP contribution in [0.5, 0.6) is 5.75 Å². The fourth-order valence-electron chi connectivity index (χ4n) is 2.59. The normalized spacial score (nSPS) is 10.8. The molecule has 0 amide bonds. The van der Waals surface area contributed by atoms with Gasteiger partial charge >= 0.3 is 0 Å². The number of aromatic nitrogens is 2. The van der Waals surface area contributed by atoms with E-state index >= 15 is 0 Å². The number of hydrogen-bond acceptors (Lipinski definition) is 3. The summed E-state index contributed by atoms with van der Waals surface area (Å²) in [6.07, 6.45) is 7.78. The van der Waals surface area contributed by atoms with Gasteiger partial charge in [0.05, 0.1) is 0 Å². The van der Waals surface area contributed by atoms with E-state index in [1.165, 1.54) is 0 Å². The largest absolute Gasteiger partial charge is 0.489 e. The summed E-state index contributed by atoms with van der Waals surface area (Å²) in [4.78, 5) is 8.52. The topological polar surface area (TPSA) is 63.5 Å². The fraction of sp³-hybridized carbons (Fsp3) is 0.400. The predicted octanol–water partition coefficient (Wildman–Crippen LogP) is 3.52. The van der Waals surface area contributed by atoms with Crippen molar-refractivity contribution in [1.82, 2.24) is 20.2 Å². The average molecular weight is 483 g/mol. The van der Waals surface area contributed by atoms with Gasteiger partial charge in [-0.1, -0.05) is 30.9 Å². The Morgan fingerprint density at radius 1 is 1.30 bits per heavy atom. The molecule has 0 saturated heterocycles. The standard InChI is InChI=1S/C20H29N5O.HI/c1-4-15-26-19-10-6-5-9-18(19)16-24-20(21-3)23-11-7-8-13-25-14-12-22-17(25)2;/h4-6,9-10,12,14H,1,7-8,11,13,15-16H2,2-3H3,(H2,21,23,24);1H. The number of ether oxygens (including phenoxy) is 1. The number of aliphatic imine (C=N–C) groups is 1. The van der Waals surface area contributed by atoms with Crippen LogP contribution in [-0.2, 0) is 13.1 Å². The molecule has 148 valence electrons. The van der Waals surface area contributed by atoms with E-state index in [4.69, 9.17) is 4.74 Å². The van der Waals surface area contributed by atoms with Crippen molar-refractivity contribution in [3.63, 3.8) is 0 Å². The Bertz CT molecular complexity index is 714. The number of para-hydroxylation sites is 1. The number of imidazole rings is 1. The van der Waals surface area contributed by atoms with Gasteiger partial charge in [0, 0.05) is 44.6 Å². The van der Waals surface area contributed by atoms with Crippen molar-refractivity contribution in [3.8, 4) is 5.75 Å². The van der Waals surface area contributed by atoms with Gasteiger partial charge in [-0.2, -0.15) is 0 Å². The van der Waals surface area contributed by atoms with Gasteiger partial charge in [-0.15, -0.1) is 24.0 Å². The molecule has 0 unspecified atom stereocenters. The van der Waals surface area contributed by atoms with E-state index in [1.807, 2.05) is 43.6 Å². The molecule has 2 rings (SSSR count). The number of guanidine groups is 1. The van der Waals surface area contributed by atoms with Gasteiger partial charge in [-0.3, -0.25) is 4.99 Å².